The molecule has 198 valence electrons. The number of hydrogen-bond acceptors (Lipinski definition) is 10. The smallest absolute Gasteiger partial charge is 0.265 e. The molecule has 0 radical (unpaired) electrons. The van der Waals surface area contributed by atoms with Crippen LogP contribution in [0.5, 0.6) is 0 Å². The fourth-order valence-corrected chi connectivity index (χ4v) is 4.52. The summed E-state index contributed by atoms with van der Waals surface area (Å²) >= 11 is 0. The van der Waals surface area contributed by atoms with Crippen LogP contribution in [0.25, 0.3) is 11.4 Å². The summed E-state index contributed by atoms with van der Waals surface area (Å²) in [5.74, 6) is -0.627. The second-order valence-corrected chi connectivity index (χ2v) is 11.2. The normalized spacial score (nSPS) is 12.5. The van der Waals surface area contributed by atoms with E-state index < -0.39 is 26.0 Å². The van der Waals surface area contributed by atoms with E-state index >= 15 is 0 Å². The minimum absolute atomic E-state index is 0.00685. The van der Waals surface area contributed by atoms with Gasteiger partial charge >= 0.3 is 0 Å². The van der Waals surface area contributed by atoms with Crippen molar-refractivity contribution < 1.29 is 21.6 Å². The number of nitrogens with one attached hydrogen (secondary N) is 1. The van der Waals surface area contributed by atoms with E-state index in [-0.39, 0.29) is 15.5 Å². The van der Waals surface area contributed by atoms with Gasteiger partial charge in [0.05, 0.1) is 38.3 Å². The summed E-state index contributed by atoms with van der Waals surface area (Å²) in [6.07, 6.45) is 0. The largest absolute Gasteiger partial charge is 0.293 e. The predicted molar refractivity (Wildman–Crippen MR) is 135 cm³/mol. The molecule has 0 aliphatic carbocycles. The third kappa shape index (κ3) is 5.35. The zero-order valence-electron chi connectivity index (χ0n) is 20.3. The molecule has 0 bridgehead atoms. The maximum Gasteiger partial charge on any atom is 0.293 e. The summed E-state index contributed by atoms with van der Waals surface area (Å²) in [6.45, 7) is 4.99. The zero-order valence-corrected chi connectivity index (χ0v) is 21.9. The number of primary sulfonamides is 2. The lowest BCUT2D eigenvalue weighted by atomic mass is 10.2. The van der Waals surface area contributed by atoms with Crippen LogP contribution in [-0.2, 0) is 20.0 Å². The average molecular weight is 559 g/mol. The standard InChI is InChI=1S/C21H22N10O5S2/c1-12(19-13(2)30(28-25-19)15-4-8-17(9-5-15)37(22,33)34)24-27-21(32)20-14(3)31(29-26-20)16-6-10-18(11-7-16)38(23,35)36/h4-11H,1-3H3,(H,27,32)(H2,22,33,34)(H2,23,35,36)/b24-12+. The van der Waals surface area contributed by atoms with Gasteiger partial charge in [-0.25, -0.2) is 41.9 Å². The molecule has 4 rings (SSSR count). The van der Waals surface area contributed by atoms with Crippen LogP contribution in [-0.4, -0.2) is 58.4 Å². The van der Waals surface area contributed by atoms with Gasteiger partial charge in [0.25, 0.3) is 5.91 Å². The van der Waals surface area contributed by atoms with Crippen LogP contribution in [0.4, 0.5) is 0 Å². The van der Waals surface area contributed by atoms with Crippen molar-refractivity contribution in [1.82, 2.24) is 35.4 Å². The third-order valence-electron chi connectivity index (χ3n) is 5.49. The third-order valence-corrected chi connectivity index (χ3v) is 7.35. The van der Waals surface area contributed by atoms with Gasteiger partial charge in [-0.15, -0.1) is 10.2 Å². The second kappa shape index (κ2) is 9.86. The van der Waals surface area contributed by atoms with Gasteiger partial charge in [-0.2, -0.15) is 5.10 Å². The molecule has 15 nitrogen and oxygen atoms in total. The number of aromatic nitrogens is 6. The number of sulfonamides is 2. The summed E-state index contributed by atoms with van der Waals surface area (Å²) in [4.78, 5) is 12.6. The molecule has 4 aromatic rings. The van der Waals surface area contributed by atoms with E-state index in [1.54, 1.807) is 20.8 Å². The fraction of sp³-hybridized carbons (Fsp3) is 0.143. The van der Waals surface area contributed by atoms with E-state index in [9.17, 15) is 21.6 Å². The summed E-state index contributed by atoms with van der Waals surface area (Å²) in [6, 6.07) is 11.4. The lowest BCUT2D eigenvalue weighted by Crippen LogP contribution is -2.21. The van der Waals surface area contributed by atoms with Gasteiger partial charge in [-0.3, -0.25) is 4.79 Å². The second-order valence-electron chi connectivity index (χ2n) is 8.09. The Bertz CT molecular complexity index is 1770. The summed E-state index contributed by atoms with van der Waals surface area (Å²) in [7, 11) is -7.67. The first-order chi connectivity index (χ1) is 17.8. The molecule has 0 saturated carbocycles. The highest BCUT2D eigenvalue weighted by atomic mass is 32.2. The summed E-state index contributed by atoms with van der Waals surface area (Å²) < 4.78 is 48.7. The number of carbonyl (C=O) groups is 1. The number of rotatable bonds is 7. The van der Waals surface area contributed by atoms with Crippen molar-refractivity contribution in [3.05, 3.63) is 71.3 Å². The van der Waals surface area contributed by atoms with E-state index in [1.165, 1.54) is 57.9 Å². The number of nitrogens with two attached hydrogens (primary N) is 2. The molecule has 0 aliphatic rings. The van der Waals surface area contributed by atoms with Crippen molar-refractivity contribution in [2.24, 2.45) is 15.4 Å². The van der Waals surface area contributed by atoms with Gasteiger partial charge in [0.2, 0.25) is 20.0 Å². The topological polar surface area (TPSA) is 223 Å². The lowest BCUT2D eigenvalue weighted by Gasteiger charge is -2.05. The molecule has 2 aromatic heterocycles. The van der Waals surface area contributed by atoms with E-state index in [1.807, 2.05) is 0 Å². The van der Waals surface area contributed by atoms with E-state index in [0.717, 1.165) is 0 Å². The van der Waals surface area contributed by atoms with E-state index in [2.05, 4.69) is 31.2 Å². The van der Waals surface area contributed by atoms with Gasteiger partial charge < -0.3 is 0 Å². The quantitative estimate of drug-likeness (QED) is 0.203. The maximum absolute atomic E-state index is 12.7. The van der Waals surface area contributed by atoms with Gasteiger partial charge in [0, 0.05) is 0 Å². The van der Waals surface area contributed by atoms with Crippen LogP contribution in [0, 0.1) is 13.8 Å². The molecular weight excluding hydrogens is 536 g/mol. The molecule has 0 atom stereocenters. The van der Waals surface area contributed by atoms with Crippen molar-refractivity contribution in [3.63, 3.8) is 0 Å². The number of nitrogens with zero attached hydrogens (tertiary/aromatic N) is 7. The Hall–Kier alpha value is -4.32. The Balaban J connectivity index is 1.51. The van der Waals surface area contributed by atoms with Crippen LogP contribution >= 0.6 is 0 Å². The Labute approximate surface area is 217 Å². The fourth-order valence-electron chi connectivity index (χ4n) is 3.49. The highest BCUT2D eigenvalue weighted by Crippen LogP contribution is 2.17. The van der Waals surface area contributed by atoms with Crippen molar-refractivity contribution in [3.8, 4) is 11.4 Å². The van der Waals surface area contributed by atoms with Crippen LogP contribution in [0.15, 0.2) is 63.4 Å². The van der Waals surface area contributed by atoms with Crippen molar-refractivity contribution in [1.29, 1.82) is 0 Å². The number of hydrazone groups is 1. The number of hydrogen-bond donors (Lipinski definition) is 3. The van der Waals surface area contributed by atoms with Crippen LogP contribution in [0.2, 0.25) is 0 Å². The summed E-state index contributed by atoms with van der Waals surface area (Å²) in [5.41, 5.74) is 5.18. The highest BCUT2D eigenvalue weighted by Gasteiger charge is 2.19. The predicted octanol–water partition coefficient (Wildman–Crippen LogP) is -0.0864. The molecule has 0 fully saturated rings. The molecular formula is C21H22N10O5S2. The minimum Gasteiger partial charge on any atom is -0.265 e. The van der Waals surface area contributed by atoms with Gasteiger partial charge in [0.1, 0.15) is 5.69 Å². The Kier molecular flexibility index (Phi) is 6.94. The number of amides is 1. The van der Waals surface area contributed by atoms with Crippen molar-refractivity contribution in [2.75, 3.05) is 0 Å². The van der Waals surface area contributed by atoms with Crippen LogP contribution in [0.1, 0.15) is 34.5 Å². The first-order valence-corrected chi connectivity index (χ1v) is 13.8. The molecule has 38 heavy (non-hydrogen) atoms. The molecule has 0 spiro atoms. The Morgan fingerprint density at radius 1 is 0.763 bits per heavy atom. The monoisotopic (exact) mass is 558 g/mol. The van der Waals surface area contributed by atoms with Crippen LogP contribution in [0.3, 0.4) is 0 Å². The molecule has 0 saturated heterocycles. The molecule has 5 N–H and O–H groups in total. The number of benzene rings is 2. The first kappa shape index (κ1) is 26.7. The van der Waals surface area contributed by atoms with Gasteiger partial charge in [-0.05, 0) is 69.3 Å². The molecule has 0 unspecified atom stereocenters. The van der Waals surface area contributed by atoms with E-state index in [0.29, 0.717) is 34.2 Å². The zero-order chi connectivity index (χ0) is 27.8. The molecule has 0 aliphatic heterocycles. The van der Waals surface area contributed by atoms with Gasteiger partial charge in [-0.1, -0.05) is 10.4 Å². The van der Waals surface area contributed by atoms with Crippen molar-refractivity contribution >= 4 is 31.7 Å². The highest BCUT2D eigenvalue weighted by molar-refractivity contribution is 7.89. The molecule has 17 heteroatoms. The first-order valence-electron chi connectivity index (χ1n) is 10.7. The molecule has 2 aromatic carbocycles. The SMILES string of the molecule is C/C(=N\NC(=O)c1nnn(-c2ccc(S(N)(=O)=O)cc2)c1C)c1nnn(-c2ccc(S(N)(=O)=O)cc2)c1C. The van der Waals surface area contributed by atoms with Gasteiger partial charge in [0.15, 0.2) is 5.69 Å². The maximum atomic E-state index is 12.7. The Morgan fingerprint density at radius 2 is 1.16 bits per heavy atom. The molecule has 1 amide bonds. The molecule has 2 heterocycles. The number of carbonyl (C=O) groups excluding carboxylic acids is 1. The minimum atomic E-state index is -3.84. The van der Waals surface area contributed by atoms with Crippen LogP contribution < -0.4 is 15.7 Å². The Morgan fingerprint density at radius 3 is 1.58 bits per heavy atom. The van der Waals surface area contributed by atoms with Crippen molar-refractivity contribution in [2.45, 2.75) is 30.6 Å². The average Bonchev–Trinajstić information content (AvgIpc) is 3.44. The lowest BCUT2D eigenvalue weighted by molar-refractivity contribution is 0.0949. The van der Waals surface area contributed by atoms with E-state index in [4.69, 9.17) is 10.3 Å². The summed E-state index contributed by atoms with van der Waals surface area (Å²) in [5, 5.41) is 30.4.